The molecule has 1 aliphatic heterocycles. The Morgan fingerprint density at radius 3 is 0.778 bits per heavy atom. The molecule has 2 aromatic heterocycles. The fraction of sp³-hybridized carbons (Fsp3) is 0.319. The molecule has 8 saturated carbocycles. The molecule has 0 saturated heterocycles. The molecule has 6 heteroatoms. The predicted molar refractivity (Wildman–Crippen MR) is 622 cm³/mol. The van der Waals surface area contributed by atoms with E-state index in [9.17, 15) is 0 Å². The summed E-state index contributed by atoms with van der Waals surface area (Å²) < 4.78 is 0. The van der Waals surface area contributed by atoms with Crippen molar-refractivity contribution in [2.45, 2.75) is 263 Å². The smallest absolute Gasteiger partial charge is 0.243 e. The largest absolute Gasteiger partial charge is 0.248 e. The zero-order valence-electron chi connectivity index (χ0n) is 89.9. The van der Waals surface area contributed by atoms with E-state index < -0.39 is 0 Å². The van der Waals surface area contributed by atoms with Gasteiger partial charge in [0.1, 0.15) is 0 Å². The van der Waals surface area contributed by atoms with Crippen LogP contribution in [0.15, 0.2) is 291 Å². The maximum atomic E-state index is 5.43. The lowest BCUT2D eigenvalue weighted by Gasteiger charge is -2.63. The molecule has 144 heavy (non-hydrogen) atoms. The van der Waals surface area contributed by atoms with Crippen LogP contribution < -0.4 is 65.6 Å². The van der Waals surface area contributed by atoms with Gasteiger partial charge in [-0.05, 0) is 339 Å². The van der Waals surface area contributed by atoms with Gasteiger partial charge < -0.3 is 0 Å². The first-order valence-corrected chi connectivity index (χ1v) is 54.5. The molecule has 4 atom stereocenters. The minimum atomic E-state index is 0.118. The van der Waals surface area contributed by atoms with E-state index >= 15 is 0 Å². The van der Waals surface area contributed by atoms with Crippen LogP contribution in [-0.2, 0) is 21.7 Å². The number of rotatable bonds is 20. The van der Waals surface area contributed by atoms with Crippen molar-refractivity contribution in [3.8, 4) is 56.2 Å². The van der Waals surface area contributed by atoms with Crippen LogP contribution in [0.1, 0.15) is 250 Å². The molecule has 8 aliphatic carbocycles. The van der Waals surface area contributed by atoms with Crippen molar-refractivity contribution in [1.82, 2.24) is 9.97 Å². The van der Waals surface area contributed by atoms with E-state index in [1.807, 2.05) is 0 Å². The third kappa shape index (κ3) is 17.3. The third-order valence-electron chi connectivity index (χ3n) is 36.5. The molecule has 8 bridgehead atoms. The maximum Gasteiger partial charge on any atom is 0.243 e. The summed E-state index contributed by atoms with van der Waals surface area (Å²) in [6.07, 6.45) is 15.9. The van der Waals surface area contributed by atoms with Crippen LogP contribution in [0.2, 0.25) is 0 Å². The number of hydrogen-bond donors (Lipinski definition) is 0. The SMILES string of the molecule is Cc1cc(C)c(B(c2ccc(C34CC5CC(C3)CC(c3ccc(-c6cccc(-c7cccc(B(c8c(C)cc(C)cc8C)c8c(C)cc(C)cc8C)c7)n6)cc3)(C5)C4)cc2)c2c(C)cc(C)cc2C)c(C)c1.Cc1cc(C)c(B(c2cccc(-c3cccc(-c4ccc(C56CC7CC(C5)CC(c5cc(C(C)C)c(B8c9ccccc9-c9ccccc98)c(C(C)C)c5)(C7)C6)cc4)n3)c2)c2c(C)cc(C)cc2C)c(C)c1. The van der Waals surface area contributed by atoms with Crippen LogP contribution in [-0.4, -0.2) is 36.8 Å². The van der Waals surface area contributed by atoms with Crippen molar-refractivity contribution >= 4 is 92.4 Å². The summed E-state index contributed by atoms with van der Waals surface area (Å²) in [5, 5.41) is 0. The van der Waals surface area contributed by atoms with Crippen molar-refractivity contribution in [3.63, 3.8) is 0 Å². The van der Waals surface area contributed by atoms with Gasteiger partial charge in [0.15, 0.2) is 0 Å². The third-order valence-corrected chi connectivity index (χ3v) is 36.5. The predicted octanol–water partition coefficient (Wildman–Crippen LogP) is 26.3. The van der Waals surface area contributed by atoms with E-state index in [0.29, 0.717) is 11.8 Å². The number of benzene rings is 14. The van der Waals surface area contributed by atoms with Crippen LogP contribution in [0.3, 0.4) is 0 Å². The van der Waals surface area contributed by atoms with Crippen molar-refractivity contribution in [3.05, 3.63) is 425 Å². The number of nitrogens with zero attached hydrogens (tertiary/aromatic N) is 2. The minimum Gasteiger partial charge on any atom is -0.248 e. The molecule has 3 heterocycles. The zero-order valence-corrected chi connectivity index (χ0v) is 89.9. The van der Waals surface area contributed by atoms with E-state index in [1.54, 1.807) is 33.3 Å². The summed E-state index contributed by atoms with van der Waals surface area (Å²) in [4.78, 5) is 10.8. The first-order valence-electron chi connectivity index (χ1n) is 54.5. The van der Waals surface area contributed by atoms with Crippen LogP contribution in [0.25, 0.3) is 56.2 Å². The summed E-state index contributed by atoms with van der Waals surface area (Å²) in [5.41, 5.74) is 63.3. The lowest BCUT2D eigenvalue weighted by molar-refractivity contribution is -0.0283. The van der Waals surface area contributed by atoms with Gasteiger partial charge in [0.25, 0.3) is 0 Å². The molecular weight excluding hydrogens is 1730 g/mol. The molecule has 9 aliphatic rings. The Hall–Kier alpha value is -12.4. The number of aromatic nitrogens is 2. The second kappa shape index (κ2) is 37.6. The fourth-order valence-corrected chi connectivity index (χ4v) is 32.2. The van der Waals surface area contributed by atoms with E-state index in [0.717, 1.165) is 57.6 Å². The molecule has 14 aromatic carbocycles. The molecule has 0 N–H and O–H groups in total. The summed E-state index contributed by atoms with van der Waals surface area (Å²) in [6, 6.07) is 114. The molecule has 8 fully saturated rings. The van der Waals surface area contributed by atoms with Crippen LogP contribution in [0.4, 0.5) is 0 Å². The summed E-state index contributed by atoms with van der Waals surface area (Å²) in [5.74, 6) is 3.97. The van der Waals surface area contributed by atoms with Gasteiger partial charge in [-0.25, -0.2) is 9.97 Å². The summed E-state index contributed by atoms with van der Waals surface area (Å²) in [6.45, 7) is 51.4. The highest BCUT2D eigenvalue weighted by Crippen LogP contribution is 2.68. The number of fused-ring (bicyclic) bond motifs is 3. The normalized spacial score (nSPS) is 20.3. The Morgan fingerprint density at radius 1 is 0.243 bits per heavy atom. The van der Waals surface area contributed by atoms with Gasteiger partial charge in [-0.3, -0.25) is 0 Å². The highest BCUT2D eigenvalue weighted by molar-refractivity contribution is 7.00. The minimum absolute atomic E-state index is 0.118. The molecule has 718 valence electrons. The fourth-order valence-electron chi connectivity index (χ4n) is 32.2. The quantitative estimate of drug-likeness (QED) is 0.0711. The van der Waals surface area contributed by atoms with Crippen LogP contribution in [0.5, 0.6) is 0 Å². The summed E-state index contributed by atoms with van der Waals surface area (Å²) >= 11 is 0. The number of aryl methyl sites for hydroxylation is 18. The van der Waals surface area contributed by atoms with Gasteiger partial charge >= 0.3 is 0 Å². The monoisotopic (exact) mass is 1870 g/mol. The second-order valence-corrected chi connectivity index (χ2v) is 48.0. The molecular formula is C138H144B4N2. The van der Waals surface area contributed by atoms with E-state index in [2.05, 4.69) is 444 Å². The van der Waals surface area contributed by atoms with Crippen molar-refractivity contribution in [2.75, 3.05) is 0 Å². The number of hydrogen-bond acceptors (Lipinski definition) is 2. The number of pyridine rings is 2. The maximum absolute atomic E-state index is 5.43. The van der Waals surface area contributed by atoms with Gasteiger partial charge in [0.2, 0.25) is 26.9 Å². The van der Waals surface area contributed by atoms with Gasteiger partial charge in [-0.2, -0.15) is 0 Å². The van der Waals surface area contributed by atoms with Gasteiger partial charge in [-0.1, -0.05) is 460 Å². The average Bonchev–Trinajstić information content (AvgIpc) is 1.01. The molecule has 16 aromatic rings. The van der Waals surface area contributed by atoms with E-state index in [-0.39, 0.29) is 48.5 Å². The van der Waals surface area contributed by atoms with E-state index in [1.165, 1.54) is 265 Å². The Balaban J connectivity index is 0.000000164. The van der Waals surface area contributed by atoms with Crippen LogP contribution in [0, 0.1) is 148 Å². The zero-order chi connectivity index (χ0) is 100. The van der Waals surface area contributed by atoms with Crippen molar-refractivity contribution in [2.24, 2.45) is 23.7 Å². The molecule has 0 amide bonds. The van der Waals surface area contributed by atoms with Crippen molar-refractivity contribution < 1.29 is 0 Å². The Bertz CT molecular complexity index is 7340. The molecule has 0 spiro atoms. The first kappa shape index (κ1) is 96.4. The lowest BCUT2D eigenvalue weighted by Crippen LogP contribution is -2.57. The van der Waals surface area contributed by atoms with Crippen molar-refractivity contribution in [1.29, 1.82) is 0 Å². The van der Waals surface area contributed by atoms with Gasteiger partial charge in [0.05, 0.1) is 22.8 Å². The lowest BCUT2D eigenvalue weighted by atomic mass is 9.34. The van der Waals surface area contributed by atoms with Gasteiger partial charge in [0, 0.05) is 11.1 Å². The highest BCUT2D eigenvalue weighted by Gasteiger charge is 2.61. The summed E-state index contributed by atoms with van der Waals surface area (Å²) in [7, 11) is 0. The van der Waals surface area contributed by atoms with E-state index in [4.69, 9.17) is 9.97 Å². The molecule has 0 radical (unpaired) electrons. The van der Waals surface area contributed by atoms with Gasteiger partial charge in [-0.15, -0.1) is 0 Å². The first-order chi connectivity index (χ1) is 69.2. The molecule has 2 nitrogen and oxygen atoms in total. The Kier molecular flexibility index (Phi) is 25.2. The Labute approximate surface area is 863 Å². The average molecular weight is 1870 g/mol. The molecule has 4 unspecified atom stereocenters. The Morgan fingerprint density at radius 2 is 0.493 bits per heavy atom. The molecule has 25 rings (SSSR count). The topological polar surface area (TPSA) is 25.8 Å². The highest BCUT2D eigenvalue weighted by atomic mass is 14.7. The second-order valence-electron chi connectivity index (χ2n) is 48.0. The van der Waals surface area contributed by atoms with Crippen LogP contribution >= 0.6 is 0 Å². The standard InChI is InChI=1S/C69H71B2N.C69H73B2N/c1-42(2)59-35-55(36-60(43(3)4)67(59)71-61-21-13-11-19-57(61)58-20-12-14-22-62(58)71)69-39-50-33-51(40-69)38-68(37-50,41-69)54-27-25-52(26-28-54)63-23-16-24-64(72-63)53-17-15-18-56(34-53)70(65-46(7)29-44(5)30-47(65)8)66-48(9)31-45(6)32-49(66)10;1-42-27-46(5)64(47(6)28-42)70(65-48(7)29-43(2)30-49(65)8)60-25-23-59(24-26-60)69-39-54-35-55(40-69)38-68(37-54,41-69)58-21-19-56(20-22-58)62-17-14-18-63(72-62)57-15-13-16-61(36-57)71(66-50(9)31-44(3)32-51(66)10)67-52(11)33-45(4)34-53(67)12/h11-32,34-36,42-43,50-51H,33,37-41H2,1-10H3;13-34,36,54-55H,35,37-41H2,1-12H3.